The van der Waals surface area contributed by atoms with Gasteiger partial charge < -0.3 is 10.2 Å². The number of hydrogen-bond acceptors (Lipinski definition) is 2. The van der Waals surface area contributed by atoms with E-state index in [1.165, 1.54) is 32.1 Å². The average molecular weight is 278 g/mol. The molecule has 0 bridgehead atoms. The van der Waals surface area contributed by atoms with Gasteiger partial charge in [0.1, 0.15) is 5.82 Å². The summed E-state index contributed by atoms with van der Waals surface area (Å²) in [6, 6.07) is 7.66. The van der Waals surface area contributed by atoms with Crippen LogP contribution in [-0.2, 0) is 0 Å². The lowest BCUT2D eigenvalue weighted by Gasteiger charge is -2.35. The van der Waals surface area contributed by atoms with Gasteiger partial charge in [-0.05, 0) is 43.9 Å². The van der Waals surface area contributed by atoms with Gasteiger partial charge in [0.15, 0.2) is 0 Å². The Morgan fingerprint density at radius 1 is 1.25 bits per heavy atom. The third-order valence-corrected chi connectivity index (χ3v) is 4.34. The second-order valence-electron chi connectivity index (χ2n) is 5.94. The summed E-state index contributed by atoms with van der Waals surface area (Å²) in [7, 11) is 2.00. The van der Waals surface area contributed by atoms with Gasteiger partial charge in [-0.2, -0.15) is 0 Å². The molecule has 1 aliphatic carbocycles. The number of halogens is 1. The highest BCUT2D eigenvalue weighted by molar-refractivity contribution is 5.46. The van der Waals surface area contributed by atoms with Crippen LogP contribution in [0.2, 0.25) is 0 Å². The first-order valence-electron chi connectivity index (χ1n) is 7.91. The molecule has 2 unspecified atom stereocenters. The SMILES string of the molecule is CCCNC1CCCCC1CN(C)c1ccccc1F. The Morgan fingerprint density at radius 3 is 2.75 bits per heavy atom. The largest absolute Gasteiger partial charge is 0.372 e. The fourth-order valence-corrected chi connectivity index (χ4v) is 3.24. The smallest absolute Gasteiger partial charge is 0.146 e. The molecular weight excluding hydrogens is 251 g/mol. The van der Waals surface area contributed by atoms with Crippen LogP contribution in [0.4, 0.5) is 10.1 Å². The maximum absolute atomic E-state index is 13.8. The van der Waals surface area contributed by atoms with Crippen molar-refractivity contribution in [3.63, 3.8) is 0 Å². The van der Waals surface area contributed by atoms with Crippen LogP contribution < -0.4 is 10.2 Å². The molecule has 2 atom stereocenters. The molecule has 20 heavy (non-hydrogen) atoms. The van der Waals surface area contributed by atoms with Crippen molar-refractivity contribution in [3.8, 4) is 0 Å². The minimum atomic E-state index is -0.121. The zero-order valence-corrected chi connectivity index (χ0v) is 12.7. The van der Waals surface area contributed by atoms with Crippen molar-refractivity contribution in [1.82, 2.24) is 5.32 Å². The second-order valence-corrected chi connectivity index (χ2v) is 5.94. The van der Waals surface area contributed by atoms with E-state index in [2.05, 4.69) is 17.1 Å². The molecule has 1 fully saturated rings. The Bertz CT molecular complexity index is 408. The molecule has 0 spiro atoms. The molecule has 2 rings (SSSR count). The van der Waals surface area contributed by atoms with E-state index in [1.54, 1.807) is 12.1 Å². The monoisotopic (exact) mass is 278 g/mol. The minimum absolute atomic E-state index is 0.121. The predicted molar refractivity (Wildman–Crippen MR) is 83.7 cm³/mol. The molecule has 1 saturated carbocycles. The molecule has 0 saturated heterocycles. The number of rotatable bonds is 6. The van der Waals surface area contributed by atoms with Crippen molar-refractivity contribution < 1.29 is 4.39 Å². The number of nitrogens with one attached hydrogen (secondary N) is 1. The van der Waals surface area contributed by atoms with E-state index in [9.17, 15) is 4.39 Å². The Morgan fingerprint density at radius 2 is 2.00 bits per heavy atom. The second kappa shape index (κ2) is 7.63. The van der Waals surface area contributed by atoms with Crippen molar-refractivity contribution in [2.45, 2.75) is 45.1 Å². The fourth-order valence-electron chi connectivity index (χ4n) is 3.24. The van der Waals surface area contributed by atoms with Gasteiger partial charge in [-0.3, -0.25) is 0 Å². The third-order valence-electron chi connectivity index (χ3n) is 4.34. The number of hydrogen-bond donors (Lipinski definition) is 1. The highest BCUT2D eigenvalue weighted by Crippen LogP contribution is 2.27. The summed E-state index contributed by atoms with van der Waals surface area (Å²) in [5, 5.41) is 3.67. The summed E-state index contributed by atoms with van der Waals surface area (Å²) in [6.45, 7) is 4.23. The van der Waals surface area contributed by atoms with E-state index in [0.717, 1.165) is 13.1 Å². The van der Waals surface area contributed by atoms with E-state index >= 15 is 0 Å². The predicted octanol–water partition coefficient (Wildman–Crippen LogP) is 3.82. The average Bonchev–Trinajstić information content (AvgIpc) is 2.46. The highest BCUT2D eigenvalue weighted by Gasteiger charge is 2.26. The van der Waals surface area contributed by atoms with Crippen LogP contribution in [0.5, 0.6) is 0 Å². The van der Waals surface area contributed by atoms with E-state index in [1.807, 2.05) is 19.2 Å². The van der Waals surface area contributed by atoms with Crippen LogP contribution >= 0.6 is 0 Å². The van der Waals surface area contributed by atoms with E-state index in [4.69, 9.17) is 0 Å². The first kappa shape index (κ1) is 15.3. The molecule has 112 valence electrons. The summed E-state index contributed by atoms with van der Waals surface area (Å²) in [6.07, 6.45) is 6.31. The third kappa shape index (κ3) is 3.95. The lowest BCUT2D eigenvalue weighted by molar-refractivity contribution is 0.266. The highest BCUT2D eigenvalue weighted by atomic mass is 19.1. The molecule has 3 heteroatoms. The molecule has 1 aromatic carbocycles. The Balaban J connectivity index is 1.97. The molecule has 1 aromatic rings. The van der Waals surface area contributed by atoms with Crippen molar-refractivity contribution in [1.29, 1.82) is 0 Å². The van der Waals surface area contributed by atoms with Crippen molar-refractivity contribution in [3.05, 3.63) is 30.1 Å². The van der Waals surface area contributed by atoms with Gasteiger partial charge in [-0.1, -0.05) is 31.9 Å². The van der Waals surface area contributed by atoms with Crippen LogP contribution in [0, 0.1) is 11.7 Å². The molecule has 1 N–H and O–H groups in total. The zero-order chi connectivity index (χ0) is 14.4. The number of nitrogens with zero attached hydrogens (tertiary/aromatic N) is 1. The molecule has 2 nitrogen and oxygen atoms in total. The Labute approximate surface area is 122 Å². The van der Waals surface area contributed by atoms with E-state index in [0.29, 0.717) is 17.6 Å². The van der Waals surface area contributed by atoms with Gasteiger partial charge in [0, 0.05) is 19.6 Å². The summed E-state index contributed by atoms with van der Waals surface area (Å²) in [5.41, 5.74) is 0.715. The van der Waals surface area contributed by atoms with Gasteiger partial charge in [0.25, 0.3) is 0 Å². The standard InChI is InChI=1S/C17H27FN2/c1-3-12-19-16-10-6-4-8-14(16)13-20(2)17-11-7-5-9-15(17)18/h5,7,9,11,14,16,19H,3-4,6,8,10,12-13H2,1-2H3. The maximum atomic E-state index is 13.8. The van der Waals surface area contributed by atoms with Crippen LogP contribution in [0.1, 0.15) is 39.0 Å². The van der Waals surface area contributed by atoms with Gasteiger partial charge in [-0.25, -0.2) is 4.39 Å². The number of benzene rings is 1. The molecule has 0 heterocycles. The lowest BCUT2D eigenvalue weighted by Crippen LogP contribution is -2.43. The number of para-hydroxylation sites is 1. The normalized spacial score (nSPS) is 22.8. The molecule has 0 aromatic heterocycles. The Kier molecular flexibility index (Phi) is 5.84. The van der Waals surface area contributed by atoms with E-state index in [-0.39, 0.29) is 5.82 Å². The lowest BCUT2D eigenvalue weighted by atomic mass is 9.84. The summed E-state index contributed by atoms with van der Waals surface area (Å²) >= 11 is 0. The Hall–Kier alpha value is -1.09. The van der Waals surface area contributed by atoms with Gasteiger partial charge in [-0.15, -0.1) is 0 Å². The van der Waals surface area contributed by atoms with Crippen LogP contribution in [-0.4, -0.2) is 26.2 Å². The quantitative estimate of drug-likeness (QED) is 0.851. The minimum Gasteiger partial charge on any atom is -0.372 e. The van der Waals surface area contributed by atoms with Crippen molar-refractivity contribution in [2.24, 2.45) is 5.92 Å². The fraction of sp³-hybridized carbons (Fsp3) is 0.647. The van der Waals surface area contributed by atoms with Gasteiger partial charge in [0.2, 0.25) is 0 Å². The molecule has 0 amide bonds. The summed E-state index contributed by atoms with van der Waals surface area (Å²) in [5.74, 6) is 0.504. The van der Waals surface area contributed by atoms with Gasteiger partial charge in [0.05, 0.1) is 5.69 Å². The molecule has 0 radical (unpaired) electrons. The molecular formula is C17H27FN2. The zero-order valence-electron chi connectivity index (χ0n) is 12.7. The van der Waals surface area contributed by atoms with Gasteiger partial charge >= 0.3 is 0 Å². The van der Waals surface area contributed by atoms with Crippen LogP contribution in [0.15, 0.2) is 24.3 Å². The first-order chi connectivity index (χ1) is 9.72. The van der Waals surface area contributed by atoms with Crippen molar-refractivity contribution in [2.75, 3.05) is 25.0 Å². The first-order valence-corrected chi connectivity index (χ1v) is 7.91. The molecule has 1 aliphatic rings. The van der Waals surface area contributed by atoms with Crippen LogP contribution in [0.25, 0.3) is 0 Å². The summed E-state index contributed by atoms with van der Waals surface area (Å²) in [4.78, 5) is 2.08. The maximum Gasteiger partial charge on any atom is 0.146 e. The summed E-state index contributed by atoms with van der Waals surface area (Å²) < 4.78 is 13.8. The topological polar surface area (TPSA) is 15.3 Å². The van der Waals surface area contributed by atoms with Crippen LogP contribution in [0.3, 0.4) is 0 Å². The van der Waals surface area contributed by atoms with Crippen molar-refractivity contribution >= 4 is 5.69 Å². The van der Waals surface area contributed by atoms with E-state index < -0.39 is 0 Å². The number of anilines is 1. The molecule has 0 aliphatic heterocycles.